The third-order valence-electron chi connectivity index (χ3n) is 3.97. The number of amides is 3. The first-order chi connectivity index (χ1) is 11.7. The van der Waals surface area contributed by atoms with Gasteiger partial charge >= 0.3 is 6.03 Å². The van der Waals surface area contributed by atoms with Crippen LogP contribution < -0.4 is 10.6 Å². The number of hydrogen-bond donors (Lipinski definition) is 2. The standard InChI is InChI=1S/C17H21N5O2/c1-2-8-21-11-14(10-16(21)23)20-17(24)19-13-3-5-15(6-4-13)22-9-7-18-12-22/h3-7,9,12,14H,2,8,10-11H2,1H3,(H2,19,20,24)/t14-/m1/s1. The van der Waals surface area contributed by atoms with Gasteiger partial charge in [-0.05, 0) is 30.7 Å². The van der Waals surface area contributed by atoms with Gasteiger partial charge in [-0.3, -0.25) is 4.79 Å². The number of benzene rings is 1. The Bertz CT molecular complexity index is 696. The number of imidazole rings is 1. The van der Waals surface area contributed by atoms with Gasteiger partial charge in [0.05, 0.1) is 12.4 Å². The van der Waals surface area contributed by atoms with E-state index in [1.807, 2.05) is 42.0 Å². The Morgan fingerprint density at radius 1 is 1.33 bits per heavy atom. The van der Waals surface area contributed by atoms with Crippen LogP contribution in [0.3, 0.4) is 0 Å². The summed E-state index contributed by atoms with van der Waals surface area (Å²) in [6, 6.07) is 7.05. The first-order valence-corrected chi connectivity index (χ1v) is 8.09. The average Bonchev–Trinajstić information content (AvgIpc) is 3.19. The molecule has 1 aliphatic rings. The highest BCUT2D eigenvalue weighted by atomic mass is 16.2. The van der Waals surface area contributed by atoms with Gasteiger partial charge in [-0.1, -0.05) is 6.92 Å². The lowest BCUT2D eigenvalue weighted by Gasteiger charge is -2.16. The highest BCUT2D eigenvalue weighted by Crippen LogP contribution is 2.14. The number of aromatic nitrogens is 2. The molecule has 24 heavy (non-hydrogen) atoms. The van der Waals surface area contributed by atoms with Crippen LogP contribution in [0.2, 0.25) is 0 Å². The van der Waals surface area contributed by atoms with E-state index in [2.05, 4.69) is 15.6 Å². The molecule has 0 saturated carbocycles. The molecule has 1 aromatic carbocycles. The monoisotopic (exact) mass is 327 g/mol. The van der Waals surface area contributed by atoms with Crippen molar-refractivity contribution in [2.24, 2.45) is 0 Å². The molecule has 0 bridgehead atoms. The second kappa shape index (κ2) is 7.16. The number of anilines is 1. The molecule has 0 aliphatic carbocycles. The molecule has 1 aliphatic heterocycles. The van der Waals surface area contributed by atoms with Gasteiger partial charge in [0.15, 0.2) is 0 Å². The predicted octanol–water partition coefficient (Wildman–Crippen LogP) is 2.00. The summed E-state index contributed by atoms with van der Waals surface area (Å²) in [6.07, 6.45) is 6.58. The van der Waals surface area contributed by atoms with E-state index in [4.69, 9.17) is 0 Å². The second-order valence-electron chi connectivity index (χ2n) is 5.86. The summed E-state index contributed by atoms with van der Waals surface area (Å²) in [6.45, 7) is 3.36. The second-order valence-corrected chi connectivity index (χ2v) is 5.86. The third kappa shape index (κ3) is 3.73. The summed E-state index contributed by atoms with van der Waals surface area (Å²) in [4.78, 5) is 29.7. The van der Waals surface area contributed by atoms with E-state index in [-0.39, 0.29) is 18.0 Å². The third-order valence-corrected chi connectivity index (χ3v) is 3.97. The summed E-state index contributed by atoms with van der Waals surface area (Å²) in [5, 5.41) is 5.66. The van der Waals surface area contributed by atoms with Crippen LogP contribution in [0.4, 0.5) is 10.5 Å². The summed E-state index contributed by atoms with van der Waals surface area (Å²) in [5.74, 6) is 0.104. The zero-order chi connectivity index (χ0) is 16.9. The number of nitrogens with zero attached hydrogens (tertiary/aromatic N) is 3. The van der Waals surface area contributed by atoms with Crippen LogP contribution in [0, 0.1) is 0 Å². The molecule has 2 aromatic rings. The Balaban J connectivity index is 1.53. The van der Waals surface area contributed by atoms with Crippen molar-refractivity contribution in [2.45, 2.75) is 25.8 Å². The van der Waals surface area contributed by atoms with E-state index < -0.39 is 0 Å². The normalized spacial score (nSPS) is 17.1. The van der Waals surface area contributed by atoms with Crippen molar-refractivity contribution in [3.63, 3.8) is 0 Å². The predicted molar refractivity (Wildman–Crippen MR) is 91.0 cm³/mol. The van der Waals surface area contributed by atoms with Crippen molar-refractivity contribution in [1.82, 2.24) is 19.8 Å². The van der Waals surface area contributed by atoms with E-state index in [9.17, 15) is 9.59 Å². The maximum Gasteiger partial charge on any atom is 0.319 e. The number of carbonyl (C=O) groups is 2. The van der Waals surface area contributed by atoms with Gasteiger partial charge in [0.2, 0.25) is 5.91 Å². The smallest absolute Gasteiger partial charge is 0.319 e. The van der Waals surface area contributed by atoms with E-state index >= 15 is 0 Å². The molecule has 0 spiro atoms. The molecular formula is C17H21N5O2. The molecule has 1 fully saturated rings. The first-order valence-electron chi connectivity index (χ1n) is 8.09. The van der Waals surface area contributed by atoms with Gasteiger partial charge in [-0.15, -0.1) is 0 Å². The Kier molecular flexibility index (Phi) is 4.79. The van der Waals surface area contributed by atoms with Crippen molar-refractivity contribution in [2.75, 3.05) is 18.4 Å². The molecule has 0 radical (unpaired) electrons. The van der Waals surface area contributed by atoms with Crippen molar-refractivity contribution in [3.8, 4) is 5.69 Å². The van der Waals surface area contributed by atoms with Crippen LogP contribution in [0.1, 0.15) is 19.8 Å². The van der Waals surface area contributed by atoms with Crippen molar-refractivity contribution in [3.05, 3.63) is 43.0 Å². The van der Waals surface area contributed by atoms with Gasteiger partial charge in [0.25, 0.3) is 0 Å². The van der Waals surface area contributed by atoms with E-state index in [1.54, 1.807) is 17.4 Å². The summed E-state index contributed by atoms with van der Waals surface area (Å²) in [7, 11) is 0. The summed E-state index contributed by atoms with van der Waals surface area (Å²) >= 11 is 0. The fourth-order valence-corrected chi connectivity index (χ4v) is 2.84. The number of nitrogens with one attached hydrogen (secondary N) is 2. The fraction of sp³-hybridized carbons (Fsp3) is 0.353. The Hall–Kier alpha value is -2.83. The van der Waals surface area contributed by atoms with Crippen LogP contribution in [-0.4, -0.2) is 45.5 Å². The minimum Gasteiger partial charge on any atom is -0.341 e. The van der Waals surface area contributed by atoms with Crippen LogP contribution in [0.25, 0.3) is 5.69 Å². The van der Waals surface area contributed by atoms with Crippen LogP contribution >= 0.6 is 0 Å². The van der Waals surface area contributed by atoms with Crippen molar-refractivity contribution < 1.29 is 9.59 Å². The quantitative estimate of drug-likeness (QED) is 0.881. The maximum atomic E-state index is 12.1. The molecule has 2 heterocycles. The fourth-order valence-electron chi connectivity index (χ4n) is 2.84. The molecular weight excluding hydrogens is 306 g/mol. The first kappa shape index (κ1) is 16.0. The molecule has 0 unspecified atom stereocenters. The Morgan fingerprint density at radius 3 is 2.79 bits per heavy atom. The number of carbonyl (C=O) groups excluding carboxylic acids is 2. The highest BCUT2D eigenvalue weighted by Gasteiger charge is 2.29. The lowest BCUT2D eigenvalue weighted by molar-refractivity contribution is -0.127. The van der Waals surface area contributed by atoms with Crippen molar-refractivity contribution >= 4 is 17.6 Å². The number of rotatable bonds is 5. The average molecular weight is 327 g/mol. The van der Waals surface area contributed by atoms with Gasteiger partial charge in [-0.2, -0.15) is 0 Å². The van der Waals surface area contributed by atoms with Gasteiger partial charge in [0, 0.05) is 43.3 Å². The molecule has 3 rings (SSSR count). The zero-order valence-corrected chi connectivity index (χ0v) is 13.6. The van der Waals surface area contributed by atoms with Crippen LogP contribution in [0.5, 0.6) is 0 Å². The Morgan fingerprint density at radius 2 is 2.12 bits per heavy atom. The molecule has 126 valence electrons. The summed E-state index contributed by atoms with van der Waals surface area (Å²) < 4.78 is 1.89. The van der Waals surface area contributed by atoms with E-state index in [0.29, 0.717) is 18.7 Å². The van der Waals surface area contributed by atoms with Crippen molar-refractivity contribution in [1.29, 1.82) is 0 Å². The molecule has 3 amide bonds. The van der Waals surface area contributed by atoms with Crippen LogP contribution in [-0.2, 0) is 4.79 Å². The van der Waals surface area contributed by atoms with Gasteiger partial charge < -0.3 is 20.1 Å². The zero-order valence-electron chi connectivity index (χ0n) is 13.6. The Labute approximate surface area is 140 Å². The topological polar surface area (TPSA) is 79.3 Å². The number of urea groups is 1. The lowest BCUT2D eigenvalue weighted by Crippen LogP contribution is -2.39. The van der Waals surface area contributed by atoms with Gasteiger partial charge in [-0.25, -0.2) is 9.78 Å². The SMILES string of the molecule is CCCN1C[C@H](NC(=O)Nc2ccc(-n3ccnc3)cc2)CC1=O. The molecule has 7 nitrogen and oxygen atoms in total. The number of hydrogen-bond acceptors (Lipinski definition) is 3. The molecule has 2 N–H and O–H groups in total. The number of likely N-dealkylation sites (tertiary alicyclic amines) is 1. The largest absolute Gasteiger partial charge is 0.341 e. The minimum atomic E-state index is -0.290. The molecule has 1 saturated heterocycles. The lowest BCUT2D eigenvalue weighted by atomic mass is 10.2. The molecule has 1 aromatic heterocycles. The van der Waals surface area contributed by atoms with Crippen LogP contribution in [0.15, 0.2) is 43.0 Å². The summed E-state index contributed by atoms with van der Waals surface area (Å²) in [5.41, 5.74) is 1.67. The molecule has 1 atom stereocenters. The maximum absolute atomic E-state index is 12.1. The minimum absolute atomic E-state index is 0.104. The van der Waals surface area contributed by atoms with Gasteiger partial charge in [0.1, 0.15) is 0 Å². The molecule has 7 heteroatoms. The highest BCUT2D eigenvalue weighted by molar-refractivity contribution is 5.90. The van der Waals surface area contributed by atoms with E-state index in [1.165, 1.54) is 0 Å². The van der Waals surface area contributed by atoms with E-state index in [0.717, 1.165) is 18.7 Å².